The third kappa shape index (κ3) is 4.02. The van der Waals surface area contributed by atoms with Crippen molar-refractivity contribution in [2.45, 2.75) is 13.0 Å². The zero-order chi connectivity index (χ0) is 8.10. The number of carboxylic acid groups (broad SMARTS) is 1. The van der Waals surface area contributed by atoms with Gasteiger partial charge in [0.25, 0.3) is 0 Å². The number of aryl methyl sites for hydroxylation is 1. The highest BCUT2D eigenvalue weighted by Gasteiger charge is 2.02. The van der Waals surface area contributed by atoms with Crippen molar-refractivity contribution in [1.29, 1.82) is 0 Å². The van der Waals surface area contributed by atoms with Gasteiger partial charge in [-0.25, -0.2) is 4.57 Å². The first kappa shape index (κ1) is 11.0. The van der Waals surface area contributed by atoms with Crippen LogP contribution in [0.5, 0.6) is 0 Å². The van der Waals surface area contributed by atoms with Crippen LogP contribution >= 0.6 is 17.0 Å². The maximum Gasteiger partial charge on any atom is 0.309 e. The van der Waals surface area contributed by atoms with Crippen LogP contribution in [0.2, 0.25) is 0 Å². The van der Waals surface area contributed by atoms with Gasteiger partial charge in [0, 0.05) is 0 Å². The van der Waals surface area contributed by atoms with Gasteiger partial charge in [-0.1, -0.05) is 0 Å². The summed E-state index contributed by atoms with van der Waals surface area (Å²) in [6.45, 7) is 0.498. The summed E-state index contributed by atoms with van der Waals surface area (Å²) in [6, 6.07) is 0. The Labute approximate surface area is 80.6 Å². The second-order valence-electron chi connectivity index (χ2n) is 2.13. The zero-order valence-electron chi connectivity index (χ0n) is 6.38. The predicted octanol–water partition coefficient (Wildman–Crippen LogP) is 0.422. The van der Waals surface area contributed by atoms with Gasteiger partial charge in [0.05, 0.1) is 12.4 Å². The van der Waals surface area contributed by atoms with Crippen molar-refractivity contribution < 1.29 is 14.5 Å². The smallest absolute Gasteiger partial charge is 0.309 e. The molecule has 0 amide bonds. The van der Waals surface area contributed by atoms with E-state index in [1.165, 1.54) is 0 Å². The summed E-state index contributed by atoms with van der Waals surface area (Å²) >= 11 is 0. The van der Waals surface area contributed by atoms with Crippen LogP contribution in [0.25, 0.3) is 0 Å². The van der Waals surface area contributed by atoms with Gasteiger partial charge in [-0.05, 0) is 0 Å². The molecule has 12 heavy (non-hydrogen) atoms. The lowest BCUT2D eigenvalue weighted by Gasteiger charge is -1.90. The standard InChI is InChI=1S/C7H8N2O2.BrH/c10-7(11)1-4-9-5-2-8-3-6-9;/h2-3,5-6H,1,4H2;1H/p+1. The van der Waals surface area contributed by atoms with Crippen molar-refractivity contribution in [2.75, 3.05) is 0 Å². The molecule has 0 saturated heterocycles. The van der Waals surface area contributed by atoms with Crippen molar-refractivity contribution >= 4 is 23.0 Å². The highest BCUT2D eigenvalue weighted by Crippen LogP contribution is 1.78. The first-order valence-corrected chi connectivity index (χ1v) is 3.30. The lowest BCUT2D eigenvalue weighted by Crippen LogP contribution is -2.33. The molecule has 0 aliphatic carbocycles. The van der Waals surface area contributed by atoms with Crippen LogP contribution in [0.3, 0.4) is 0 Å². The van der Waals surface area contributed by atoms with Crippen LogP contribution in [-0.2, 0) is 11.3 Å². The van der Waals surface area contributed by atoms with Crippen LogP contribution in [0.1, 0.15) is 6.42 Å². The minimum Gasteiger partial charge on any atom is -0.481 e. The summed E-state index contributed by atoms with van der Waals surface area (Å²) in [5.41, 5.74) is 0. The number of carbonyl (C=O) groups is 1. The second-order valence-corrected chi connectivity index (χ2v) is 2.13. The highest BCUT2D eigenvalue weighted by atomic mass is 79.9. The summed E-state index contributed by atoms with van der Waals surface area (Å²) in [6.07, 6.45) is 6.88. The van der Waals surface area contributed by atoms with Crippen LogP contribution in [0.15, 0.2) is 24.8 Å². The molecule has 0 aliphatic heterocycles. The third-order valence-electron chi connectivity index (χ3n) is 1.27. The molecule has 1 rings (SSSR count). The fourth-order valence-electron chi connectivity index (χ4n) is 0.721. The first-order chi connectivity index (χ1) is 5.29. The Morgan fingerprint density at radius 3 is 2.50 bits per heavy atom. The van der Waals surface area contributed by atoms with Crippen molar-refractivity contribution in [2.24, 2.45) is 0 Å². The van der Waals surface area contributed by atoms with Crippen molar-refractivity contribution in [1.82, 2.24) is 4.98 Å². The van der Waals surface area contributed by atoms with Gasteiger partial charge in [0.1, 0.15) is 6.42 Å². The van der Waals surface area contributed by atoms with E-state index in [1.807, 2.05) is 0 Å². The fourth-order valence-corrected chi connectivity index (χ4v) is 0.721. The highest BCUT2D eigenvalue weighted by molar-refractivity contribution is 8.93. The van der Waals surface area contributed by atoms with Gasteiger partial charge in [-0.3, -0.25) is 9.78 Å². The summed E-state index contributed by atoms with van der Waals surface area (Å²) in [4.78, 5) is 13.9. The molecule has 0 radical (unpaired) electrons. The summed E-state index contributed by atoms with van der Waals surface area (Å²) in [7, 11) is 0. The molecule has 4 nitrogen and oxygen atoms in total. The number of aromatic nitrogens is 2. The van der Waals surface area contributed by atoms with Crippen molar-refractivity contribution in [3.63, 3.8) is 0 Å². The molecular weight excluding hydrogens is 224 g/mol. The van der Waals surface area contributed by atoms with Crippen molar-refractivity contribution in [3.8, 4) is 0 Å². The zero-order valence-corrected chi connectivity index (χ0v) is 8.09. The van der Waals surface area contributed by atoms with Gasteiger partial charge in [0.2, 0.25) is 0 Å². The fraction of sp³-hybridized carbons (Fsp3) is 0.286. The Morgan fingerprint density at radius 1 is 1.42 bits per heavy atom. The van der Waals surface area contributed by atoms with Gasteiger partial charge in [-0.2, -0.15) is 0 Å². The number of nitrogens with zero attached hydrogens (tertiary/aromatic N) is 2. The van der Waals surface area contributed by atoms with E-state index in [0.717, 1.165) is 0 Å². The molecule has 1 N–H and O–H groups in total. The average molecular weight is 234 g/mol. The summed E-state index contributed by atoms with van der Waals surface area (Å²) in [5, 5.41) is 8.35. The van der Waals surface area contributed by atoms with E-state index in [9.17, 15) is 4.79 Å². The Kier molecular flexibility index (Phi) is 5.19. The van der Waals surface area contributed by atoms with Crippen LogP contribution < -0.4 is 4.57 Å². The Hall–Kier alpha value is -0.970. The molecule has 0 spiro atoms. The first-order valence-electron chi connectivity index (χ1n) is 3.30. The van der Waals surface area contributed by atoms with Crippen molar-refractivity contribution in [3.05, 3.63) is 24.8 Å². The van der Waals surface area contributed by atoms with E-state index >= 15 is 0 Å². The maximum atomic E-state index is 10.1. The van der Waals surface area contributed by atoms with E-state index in [1.54, 1.807) is 29.4 Å². The molecule has 1 aromatic rings. The van der Waals surface area contributed by atoms with E-state index in [4.69, 9.17) is 5.11 Å². The molecule has 0 saturated carbocycles. The van der Waals surface area contributed by atoms with Gasteiger partial charge in [0.15, 0.2) is 18.9 Å². The molecule has 0 unspecified atom stereocenters. The minimum absolute atomic E-state index is 0. The van der Waals surface area contributed by atoms with E-state index in [0.29, 0.717) is 6.54 Å². The van der Waals surface area contributed by atoms with E-state index in [-0.39, 0.29) is 23.4 Å². The van der Waals surface area contributed by atoms with E-state index < -0.39 is 5.97 Å². The topological polar surface area (TPSA) is 54.1 Å². The Morgan fingerprint density at radius 2 is 2.00 bits per heavy atom. The van der Waals surface area contributed by atoms with Gasteiger partial charge >= 0.3 is 5.97 Å². The Balaban J connectivity index is 0.00000121. The Bertz CT molecular complexity index is 240. The number of aliphatic carboxylic acids is 1. The second kappa shape index (κ2) is 5.65. The lowest BCUT2D eigenvalue weighted by molar-refractivity contribution is -0.696. The third-order valence-corrected chi connectivity index (χ3v) is 1.27. The predicted molar refractivity (Wildman–Crippen MR) is 47.0 cm³/mol. The molecule has 0 fully saturated rings. The molecule has 0 aromatic carbocycles. The van der Waals surface area contributed by atoms with E-state index in [2.05, 4.69) is 4.98 Å². The normalized spacial score (nSPS) is 8.67. The lowest BCUT2D eigenvalue weighted by atomic mass is 10.4. The number of carboxylic acids is 1. The number of halogens is 1. The van der Waals surface area contributed by atoms with Crippen LogP contribution in [0, 0.1) is 0 Å². The minimum atomic E-state index is -0.783. The molecular formula is C7H10BrN2O2+. The molecule has 1 aromatic heterocycles. The monoisotopic (exact) mass is 233 g/mol. The average Bonchev–Trinajstić information content (AvgIpc) is 2.03. The van der Waals surface area contributed by atoms with Gasteiger partial charge in [-0.15, -0.1) is 17.0 Å². The van der Waals surface area contributed by atoms with Crippen LogP contribution in [0.4, 0.5) is 0 Å². The molecule has 0 atom stereocenters. The maximum absolute atomic E-state index is 10.1. The number of rotatable bonds is 3. The molecule has 0 bridgehead atoms. The molecule has 5 heteroatoms. The number of hydrogen-bond donors (Lipinski definition) is 1. The quantitative estimate of drug-likeness (QED) is 0.771. The molecule has 1 heterocycles. The largest absolute Gasteiger partial charge is 0.481 e. The summed E-state index contributed by atoms with van der Waals surface area (Å²) < 4.78 is 1.78. The molecule has 66 valence electrons. The summed E-state index contributed by atoms with van der Waals surface area (Å²) in [5.74, 6) is -0.783. The molecule has 0 aliphatic rings. The van der Waals surface area contributed by atoms with Crippen LogP contribution in [-0.4, -0.2) is 16.1 Å². The van der Waals surface area contributed by atoms with Gasteiger partial charge < -0.3 is 5.11 Å². The SMILES string of the molecule is Br.O=C(O)CC[n+]1ccncc1. The number of hydrogen-bond acceptors (Lipinski definition) is 2.